The third-order valence-corrected chi connectivity index (χ3v) is 3.63. The van der Waals surface area contributed by atoms with Crippen LogP contribution in [0, 0.1) is 6.92 Å². The van der Waals surface area contributed by atoms with Gasteiger partial charge < -0.3 is 4.74 Å². The minimum Gasteiger partial charge on any atom is -0.423 e. The van der Waals surface area contributed by atoms with Gasteiger partial charge in [0.05, 0.1) is 5.56 Å². The molecule has 0 amide bonds. The van der Waals surface area contributed by atoms with E-state index in [1.54, 1.807) is 55.5 Å². The molecular formula is C15H14O5S. The van der Waals surface area contributed by atoms with E-state index in [9.17, 15) is 13.2 Å². The molecule has 21 heavy (non-hydrogen) atoms. The van der Waals surface area contributed by atoms with E-state index in [4.69, 9.17) is 9.29 Å². The number of carbonyl (C=O) groups is 1. The van der Waals surface area contributed by atoms with Crippen LogP contribution in [0.15, 0.2) is 48.5 Å². The summed E-state index contributed by atoms with van der Waals surface area (Å²) in [5.74, 6) is -0.705. The molecule has 2 aromatic rings. The van der Waals surface area contributed by atoms with Gasteiger partial charge in [0.2, 0.25) is 0 Å². The minimum atomic E-state index is -4.15. The second kappa shape index (κ2) is 6.07. The normalized spacial score (nSPS) is 11.1. The highest BCUT2D eigenvalue weighted by molar-refractivity contribution is 7.85. The fourth-order valence-electron chi connectivity index (χ4n) is 1.91. The first-order valence-electron chi connectivity index (χ1n) is 6.18. The SMILES string of the molecule is Cc1c(CS(=O)(=O)O)cccc1C(=O)Oc1ccccc1. The van der Waals surface area contributed by atoms with Crippen molar-refractivity contribution in [3.63, 3.8) is 0 Å². The first-order valence-corrected chi connectivity index (χ1v) is 7.78. The highest BCUT2D eigenvalue weighted by Crippen LogP contribution is 2.19. The summed E-state index contributed by atoms with van der Waals surface area (Å²) in [6.45, 7) is 1.61. The van der Waals surface area contributed by atoms with Crippen molar-refractivity contribution < 1.29 is 22.5 Å². The van der Waals surface area contributed by atoms with Crippen molar-refractivity contribution in [2.75, 3.05) is 0 Å². The van der Waals surface area contributed by atoms with Crippen molar-refractivity contribution in [3.8, 4) is 5.75 Å². The fraction of sp³-hybridized carbons (Fsp3) is 0.133. The number of esters is 1. The van der Waals surface area contributed by atoms with Gasteiger partial charge in [0.15, 0.2) is 0 Å². The number of hydrogen-bond donors (Lipinski definition) is 1. The number of carbonyl (C=O) groups excluding carboxylic acids is 1. The maximum Gasteiger partial charge on any atom is 0.343 e. The van der Waals surface area contributed by atoms with Gasteiger partial charge in [0.25, 0.3) is 10.1 Å². The predicted molar refractivity (Wildman–Crippen MR) is 77.8 cm³/mol. The van der Waals surface area contributed by atoms with Crippen LogP contribution in [-0.4, -0.2) is 18.9 Å². The van der Waals surface area contributed by atoms with Gasteiger partial charge in [-0.05, 0) is 36.2 Å². The van der Waals surface area contributed by atoms with Gasteiger partial charge >= 0.3 is 5.97 Å². The molecule has 2 aromatic carbocycles. The molecule has 0 heterocycles. The van der Waals surface area contributed by atoms with Gasteiger partial charge in [-0.15, -0.1) is 0 Å². The van der Waals surface area contributed by atoms with E-state index >= 15 is 0 Å². The van der Waals surface area contributed by atoms with E-state index in [1.165, 1.54) is 0 Å². The Hall–Kier alpha value is -2.18. The lowest BCUT2D eigenvalue weighted by Crippen LogP contribution is -2.12. The average Bonchev–Trinajstić information content (AvgIpc) is 2.40. The molecule has 0 aliphatic heterocycles. The summed E-state index contributed by atoms with van der Waals surface area (Å²) in [6, 6.07) is 13.2. The Kier molecular flexibility index (Phi) is 4.40. The zero-order valence-corrected chi connectivity index (χ0v) is 12.1. The quantitative estimate of drug-likeness (QED) is 0.533. The first kappa shape index (κ1) is 15.2. The second-order valence-electron chi connectivity index (χ2n) is 4.52. The van der Waals surface area contributed by atoms with E-state index in [-0.39, 0.29) is 5.56 Å². The standard InChI is InChI=1S/C15H14O5S/c1-11-12(10-21(17,18)19)6-5-9-14(11)15(16)20-13-7-3-2-4-8-13/h2-9H,10H2,1H3,(H,17,18,19). The third kappa shape index (κ3) is 4.14. The lowest BCUT2D eigenvalue weighted by Gasteiger charge is -2.10. The second-order valence-corrected chi connectivity index (χ2v) is 5.97. The highest BCUT2D eigenvalue weighted by atomic mass is 32.2. The Labute approximate surface area is 122 Å². The molecule has 110 valence electrons. The first-order chi connectivity index (χ1) is 9.87. The van der Waals surface area contributed by atoms with E-state index in [2.05, 4.69) is 0 Å². The smallest absolute Gasteiger partial charge is 0.343 e. The third-order valence-electron chi connectivity index (χ3n) is 2.96. The zero-order valence-electron chi connectivity index (χ0n) is 11.3. The predicted octanol–water partition coefficient (Wildman–Crippen LogP) is 2.60. The summed E-state index contributed by atoms with van der Waals surface area (Å²) in [5, 5.41) is 0. The van der Waals surface area contributed by atoms with E-state index < -0.39 is 21.8 Å². The monoisotopic (exact) mass is 306 g/mol. The Bertz CT molecular complexity index is 751. The molecule has 0 atom stereocenters. The molecule has 0 aliphatic carbocycles. The summed E-state index contributed by atoms with van der Waals surface area (Å²) < 4.78 is 36.1. The molecule has 2 rings (SSSR count). The number of benzene rings is 2. The molecule has 0 radical (unpaired) electrons. The molecule has 1 N–H and O–H groups in total. The van der Waals surface area contributed by atoms with Gasteiger partial charge in [0.1, 0.15) is 11.5 Å². The largest absolute Gasteiger partial charge is 0.423 e. The van der Waals surface area contributed by atoms with Crippen molar-refractivity contribution in [1.82, 2.24) is 0 Å². The van der Waals surface area contributed by atoms with Crippen LogP contribution in [-0.2, 0) is 15.9 Å². The molecule has 0 aliphatic rings. The molecule has 0 saturated heterocycles. The molecule has 0 bridgehead atoms. The molecule has 0 spiro atoms. The lowest BCUT2D eigenvalue weighted by atomic mass is 10.0. The van der Waals surface area contributed by atoms with E-state index in [1.807, 2.05) is 0 Å². The van der Waals surface area contributed by atoms with Crippen LogP contribution >= 0.6 is 0 Å². The summed E-state index contributed by atoms with van der Waals surface area (Å²) in [6.07, 6.45) is 0. The highest BCUT2D eigenvalue weighted by Gasteiger charge is 2.16. The van der Waals surface area contributed by atoms with Crippen LogP contribution < -0.4 is 4.74 Å². The minimum absolute atomic E-state index is 0.264. The number of hydrogen-bond acceptors (Lipinski definition) is 4. The van der Waals surface area contributed by atoms with Gasteiger partial charge in [0, 0.05) is 0 Å². The van der Waals surface area contributed by atoms with Crippen molar-refractivity contribution >= 4 is 16.1 Å². The molecule has 0 unspecified atom stereocenters. The van der Waals surface area contributed by atoms with Gasteiger partial charge in [-0.3, -0.25) is 4.55 Å². The molecular weight excluding hydrogens is 292 g/mol. The summed E-state index contributed by atoms with van der Waals surface area (Å²) in [5.41, 5.74) is 1.09. The van der Waals surface area contributed by atoms with Crippen molar-refractivity contribution in [2.24, 2.45) is 0 Å². The maximum atomic E-state index is 12.1. The Morgan fingerprint density at radius 3 is 2.38 bits per heavy atom. The zero-order chi connectivity index (χ0) is 15.5. The Morgan fingerprint density at radius 2 is 1.76 bits per heavy atom. The maximum absolute atomic E-state index is 12.1. The van der Waals surface area contributed by atoms with Crippen LogP contribution in [0.3, 0.4) is 0 Å². The molecule has 0 saturated carbocycles. The van der Waals surface area contributed by atoms with Gasteiger partial charge in [-0.1, -0.05) is 30.3 Å². The Balaban J connectivity index is 2.28. The topological polar surface area (TPSA) is 80.7 Å². The van der Waals surface area contributed by atoms with E-state index in [0.717, 1.165) is 0 Å². The average molecular weight is 306 g/mol. The van der Waals surface area contributed by atoms with Crippen LogP contribution in [0.5, 0.6) is 5.75 Å². The Morgan fingerprint density at radius 1 is 1.10 bits per heavy atom. The molecule has 0 fully saturated rings. The van der Waals surface area contributed by atoms with Gasteiger partial charge in [-0.2, -0.15) is 8.42 Å². The van der Waals surface area contributed by atoms with Crippen LogP contribution in [0.4, 0.5) is 0 Å². The van der Waals surface area contributed by atoms with Crippen LogP contribution in [0.25, 0.3) is 0 Å². The number of ether oxygens (including phenoxy) is 1. The number of para-hydroxylation sites is 1. The molecule has 6 heteroatoms. The van der Waals surface area contributed by atoms with E-state index in [0.29, 0.717) is 16.9 Å². The van der Waals surface area contributed by atoms with Crippen molar-refractivity contribution in [3.05, 3.63) is 65.2 Å². The fourth-order valence-corrected chi connectivity index (χ4v) is 2.61. The lowest BCUT2D eigenvalue weighted by molar-refractivity contribution is 0.0734. The van der Waals surface area contributed by atoms with Crippen molar-refractivity contribution in [1.29, 1.82) is 0 Å². The summed E-state index contributed by atoms with van der Waals surface area (Å²) in [4.78, 5) is 12.1. The van der Waals surface area contributed by atoms with Crippen LogP contribution in [0.2, 0.25) is 0 Å². The van der Waals surface area contributed by atoms with Gasteiger partial charge in [-0.25, -0.2) is 4.79 Å². The van der Waals surface area contributed by atoms with Crippen molar-refractivity contribution in [2.45, 2.75) is 12.7 Å². The number of rotatable bonds is 4. The summed E-state index contributed by atoms with van der Waals surface area (Å²) in [7, 11) is -4.15. The molecule has 5 nitrogen and oxygen atoms in total. The summed E-state index contributed by atoms with van der Waals surface area (Å²) >= 11 is 0. The van der Waals surface area contributed by atoms with Crippen LogP contribution in [0.1, 0.15) is 21.5 Å². The molecule has 0 aromatic heterocycles.